The first-order valence-corrected chi connectivity index (χ1v) is 19.1. The Morgan fingerprint density at radius 3 is 1.76 bits per heavy atom. The third-order valence-electron chi connectivity index (χ3n) is 10.6. The van der Waals surface area contributed by atoms with Gasteiger partial charge in [-0.05, 0) is 107 Å². The summed E-state index contributed by atoms with van der Waals surface area (Å²) >= 11 is 1.85. The summed E-state index contributed by atoms with van der Waals surface area (Å²) in [6, 6.07) is 69.8. The van der Waals surface area contributed by atoms with Crippen molar-refractivity contribution in [2.24, 2.45) is 0 Å². The molecular weight excluding hydrogens is 677 g/mol. The van der Waals surface area contributed by atoms with Crippen molar-refractivity contribution in [3.05, 3.63) is 194 Å². The number of anilines is 6. The number of fused-ring (bicyclic) bond motifs is 9. The van der Waals surface area contributed by atoms with Gasteiger partial charge in [-0.15, -0.1) is 11.3 Å². The summed E-state index contributed by atoms with van der Waals surface area (Å²) in [6.07, 6.45) is 0. The number of rotatable bonds is 6. The topological polar surface area (TPSA) is 19.6 Å². The van der Waals surface area contributed by atoms with Crippen LogP contribution in [0.1, 0.15) is 0 Å². The number of hydrogen-bond donors (Lipinski definition) is 0. The molecular formula is C50H32N2OS. The quantitative estimate of drug-likeness (QED) is 0.160. The van der Waals surface area contributed by atoms with E-state index in [1.807, 2.05) is 23.5 Å². The highest BCUT2D eigenvalue weighted by atomic mass is 32.1. The molecule has 0 N–H and O–H groups in total. The standard InChI is InChI=1S/C50H32N2OS/c1-3-13-34(14-4-1)51(35-15-5-2-6-16-35)36-17-11-18-37(30-36)52(38-26-28-50-45(31-38)42-20-8-10-24-49(42)54-50)46-22-12-21-39-40(46)27-25-33-29-44-41-19-7-9-23-47(41)53-48(44)32-43(33)39/h1-32H. The van der Waals surface area contributed by atoms with E-state index in [4.69, 9.17) is 4.42 Å². The molecule has 11 rings (SSSR count). The van der Waals surface area contributed by atoms with Gasteiger partial charge in [0.2, 0.25) is 0 Å². The van der Waals surface area contributed by atoms with E-state index >= 15 is 0 Å². The van der Waals surface area contributed by atoms with Crippen molar-refractivity contribution in [1.82, 2.24) is 0 Å². The molecule has 0 aliphatic heterocycles. The predicted molar refractivity (Wildman–Crippen MR) is 231 cm³/mol. The second kappa shape index (κ2) is 12.4. The van der Waals surface area contributed by atoms with E-state index in [2.05, 4.69) is 192 Å². The van der Waals surface area contributed by atoms with Gasteiger partial charge < -0.3 is 14.2 Å². The first kappa shape index (κ1) is 30.7. The zero-order valence-corrected chi connectivity index (χ0v) is 30.0. The summed E-state index contributed by atoms with van der Waals surface area (Å²) < 4.78 is 8.97. The van der Waals surface area contributed by atoms with Crippen molar-refractivity contribution in [2.75, 3.05) is 9.80 Å². The summed E-state index contributed by atoms with van der Waals surface area (Å²) in [5, 5.41) is 9.56. The van der Waals surface area contributed by atoms with Gasteiger partial charge in [-0.1, -0.05) is 103 Å². The molecule has 254 valence electrons. The van der Waals surface area contributed by atoms with Crippen molar-refractivity contribution in [2.45, 2.75) is 0 Å². The number of hydrogen-bond acceptors (Lipinski definition) is 4. The highest BCUT2D eigenvalue weighted by Gasteiger charge is 2.21. The van der Waals surface area contributed by atoms with Crippen LogP contribution in [0.2, 0.25) is 0 Å². The lowest BCUT2D eigenvalue weighted by atomic mass is 9.98. The van der Waals surface area contributed by atoms with Crippen LogP contribution in [0.3, 0.4) is 0 Å². The van der Waals surface area contributed by atoms with Crippen molar-refractivity contribution in [1.29, 1.82) is 0 Å². The Kier molecular flexibility index (Phi) is 7.04. The zero-order valence-electron chi connectivity index (χ0n) is 29.2. The van der Waals surface area contributed by atoms with Crippen molar-refractivity contribution in [3.63, 3.8) is 0 Å². The van der Waals surface area contributed by atoms with Gasteiger partial charge >= 0.3 is 0 Å². The summed E-state index contributed by atoms with van der Waals surface area (Å²) in [6.45, 7) is 0. The molecule has 4 heteroatoms. The zero-order chi connectivity index (χ0) is 35.6. The smallest absolute Gasteiger partial charge is 0.136 e. The number of thiophene rings is 1. The Labute approximate surface area is 316 Å². The number of benzene rings is 9. The van der Waals surface area contributed by atoms with Gasteiger partial charge in [0.25, 0.3) is 0 Å². The largest absolute Gasteiger partial charge is 0.456 e. The van der Waals surface area contributed by atoms with Crippen LogP contribution in [-0.4, -0.2) is 0 Å². The molecule has 0 bridgehead atoms. The third-order valence-corrected chi connectivity index (χ3v) is 11.7. The van der Waals surface area contributed by atoms with Gasteiger partial charge in [0, 0.05) is 64.8 Å². The molecule has 0 unspecified atom stereocenters. The second-order valence-electron chi connectivity index (χ2n) is 13.7. The van der Waals surface area contributed by atoms with Gasteiger partial charge in [-0.2, -0.15) is 0 Å². The molecule has 2 aromatic heterocycles. The molecule has 0 aliphatic carbocycles. The first-order valence-electron chi connectivity index (χ1n) is 18.3. The molecule has 0 amide bonds. The van der Waals surface area contributed by atoms with Crippen LogP contribution in [0.5, 0.6) is 0 Å². The molecule has 0 fully saturated rings. The fourth-order valence-corrected chi connectivity index (χ4v) is 9.23. The Bertz CT molecular complexity index is 3140. The molecule has 9 aromatic carbocycles. The maximum Gasteiger partial charge on any atom is 0.136 e. The molecule has 0 atom stereocenters. The minimum atomic E-state index is 0.905. The lowest BCUT2D eigenvalue weighted by molar-refractivity contribution is 0.669. The average Bonchev–Trinajstić information content (AvgIpc) is 3.79. The fraction of sp³-hybridized carbons (Fsp3) is 0. The minimum Gasteiger partial charge on any atom is -0.456 e. The van der Waals surface area contributed by atoms with Gasteiger partial charge in [0.05, 0.1) is 5.69 Å². The summed E-state index contributed by atoms with van der Waals surface area (Å²) in [5.74, 6) is 0. The monoisotopic (exact) mass is 708 g/mol. The van der Waals surface area contributed by atoms with E-state index in [-0.39, 0.29) is 0 Å². The molecule has 11 aromatic rings. The lowest BCUT2D eigenvalue weighted by Crippen LogP contribution is -2.13. The van der Waals surface area contributed by atoms with Crippen LogP contribution >= 0.6 is 11.3 Å². The maximum absolute atomic E-state index is 6.39. The van der Waals surface area contributed by atoms with Crippen LogP contribution in [0.25, 0.3) is 63.7 Å². The van der Waals surface area contributed by atoms with Crippen molar-refractivity contribution in [3.8, 4) is 0 Å². The molecule has 0 radical (unpaired) electrons. The Hall–Kier alpha value is -6.88. The molecule has 0 saturated heterocycles. The van der Waals surface area contributed by atoms with E-state index < -0.39 is 0 Å². The fourth-order valence-electron chi connectivity index (χ4n) is 8.14. The van der Waals surface area contributed by atoms with Crippen LogP contribution < -0.4 is 9.80 Å². The van der Waals surface area contributed by atoms with Crippen molar-refractivity contribution < 1.29 is 4.42 Å². The van der Waals surface area contributed by atoms with Gasteiger partial charge in [0.1, 0.15) is 11.2 Å². The van der Waals surface area contributed by atoms with Gasteiger partial charge in [0.15, 0.2) is 0 Å². The highest BCUT2D eigenvalue weighted by molar-refractivity contribution is 7.25. The minimum absolute atomic E-state index is 0.905. The number of furan rings is 1. The third kappa shape index (κ3) is 4.96. The molecule has 0 spiro atoms. The van der Waals surface area contributed by atoms with Crippen LogP contribution in [0.15, 0.2) is 199 Å². The van der Waals surface area contributed by atoms with E-state index in [0.29, 0.717) is 0 Å². The molecule has 0 aliphatic rings. The summed E-state index contributed by atoms with van der Waals surface area (Å²) in [5.41, 5.74) is 8.39. The first-order chi connectivity index (χ1) is 26.8. The van der Waals surface area contributed by atoms with Gasteiger partial charge in [-0.3, -0.25) is 0 Å². The van der Waals surface area contributed by atoms with E-state index in [1.165, 1.54) is 41.7 Å². The predicted octanol–water partition coefficient (Wildman–Crippen LogP) is 15.2. The lowest BCUT2D eigenvalue weighted by Gasteiger charge is -2.30. The maximum atomic E-state index is 6.39. The van der Waals surface area contributed by atoms with Crippen LogP contribution in [0, 0.1) is 0 Å². The molecule has 2 heterocycles. The van der Waals surface area contributed by atoms with Gasteiger partial charge in [-0.25, -0.2) is 0 Å². The molecule has 3 nitrogen and oxygen atoms in total. The molecule has 0 saturated carbocycles. The molecule has 54 heavy (non-hydrogen) atoms. The summed E-state index contributed by atoms with van der Waals surface area (Å²) in [4.78, 5) is 4.75. The Morgan fingerprint density at radius 1 is 0.315 bits per heavy atom. The normalized spacial score (nSPS) is 11.7. The van der Waals surface area contributed by atoms with Crippen molar-refractivity contribution >= 4 is 109 Å². The highest BCUT2D eigenvalue weighted by Crippen LogP contribution is 2.46. The van der Waals surface area contributed by atoms with E-state index in [9.17, 15) is 0 Å². The van der Waals surface area contributed by atoms with Crippen LogP contribution in [0.4, 0.5) is 34.1 Å². The van der Waals surface area contributed by atoms with Crippen LogP contribution in [-0.2, 0) is 0 Å². The Morgan fingerprint density at radius 2 is 0.944 bits per heavy atom. The summed E-state index contributed by atoms with van der Waals surface area (Å²) in [7, 11) is 0. The number of para-hydroxylation sites is 3. The van der Waals surface area contributed by atoms with E-state index in [1.54, 1.807) is 0 Å². The van der Waals surface area contributed by atoms with E-state index in [0.717, 1.165) is 56.1 Å². The average molecular weight is 709 g/mol. The second-order valence-corrected chi connectivity index (χ2v) is 14.8. The number of nitrogens with zero attached hydrogens (tertiary/aromatic N) is 2. The Balaban J connectivity index is 1.15. The SMILES string of the molecule is c1ccc(N(c2ccccc2)c2cccc(N(c3ccc4sc5ccccc5c4c3)c3cccc4c3ccc3cc5c(cc34)oc3ccccc35)c2)cc1.